The Labute approximate surface area is 183 Å². The Bertz CT molecular complexity index is 919. The minimum absolute atomic E-state index is 0.149. The van der Waals surface area contributed by atoms with Gasteiger partial charge in [0.1, 0.15) is 11.6 Å². The second-order valence-corrected chi connectivity index (χ2v) is 7.74. The van der Waals surface area contributed by atoms with Crippen LogP contribution < -0.4 is 4.74 Å². The van der Waals surface area contributed by atoms with E-state index in [9.17, 15) is 9.18 Å². The third-order valence-electron chi connectivity index (χ3n) is 5.14. The number of hydrogen-bond acceptors (Lipinski definition) is 4. The minimum atomic E-state index is -0.547. The molecule has 0 saturated heterocycles. The zero-order valence-corrected chi connectivity index (χ0v) is 18.1. The second kappa shape index (κ2) is 12.0. The molecule has 0 saturated carbocycles. The lowest BCUT2D eigenvalue weighted by Gasteiger charge is -2.07. The molecule has 164 valence electrons. The van der Waals surface area contributed by atoms with Crippen molar-refractivity contribution in [3.8, 4) is 5.75 Å². The summed E-state index contributed by atoms with van der Waals surface area (Å²) in [4.78, 5) is 16.4. The van der Waals surface area contributed by atoms with Crippen LogP contribution in [0, 0.1) is 5.82 Å². The summed E-state index contributed by atoms with van der Waals surface area (Å²) >= 11 is 0. The number of ether oxygens (including phenoxy) is 2. The Balaban J connectivity index is 1.46. The number of nitrogens with zero attached hydrogens (tertiary/aromatic N) is 1. The first-order valence-electron chi connectivity index (χ1n) is 11.2. The maximum absolute atomic E-state index is 13.3. The summed E-state index contributed by atoms with van der Waals surface area (Å²) in [5.74, 6) is 0.108. The van der Waals surface area contributed by atoms with Crippen LogP contribution in [0.15, 0.2) is 59.2 Å². The van der Waals surface area contributed by atoms with Gasteiger partial charge < -0.3 is 9.47 Å². The molecule has 31 heavy (non-hydrogen) atoms. The highest BCUT2D eigenvalue weighted by Gasteiger charge is 2.24. The predicted molar refractivity (Wildman–Crippen MR) is 122 cm³/mol. The Morgan fingerprint density at radius 2 is 1.68 bits per heavy atom. The molecular weight excluding hydrogens is 393 g/mol. The van der Waals surface area contributed by atoms with Gasteiger partial charge in [0.25, 0.3) is 0 Å². The van der Waals surface area contributed by atoms with Crippen LogP contribution in [0.4, 0.5) is 4.39 Å². The summed E-state index contributed by atoms with van der Waals surface area (Å²) in [7, 11) is 0. The maximum atomic E-state index is 13.3. The molecule has 0 fully saturated rings. The van der Waals surface area contributed by atoms with Crippen molar-refractivity contribution >= 4 is 17.9 Å². The number of unbranched alkanes of at least 4 members (excludes halogenated alkanes) is 7. The first-order chi connectivity index (χ1) is 15.2. The van der Waals surface area contributed by atoms with E-state index in [1.165, 1.54) is 63.2 Å². The molecule has 0 atom stereocenters. The van der Waals surface area contributed by atoms with Gasteiger partial charge in [-0.05, 0) is 54.5 Å². The van der Waals surface area contributed by atoms with Gasteiger partial charge in [0.15, 0.2) is 5.70 Å². The Morgan fingerprint density at radius 1 is 0.968 bits per heavy atom. The average Bonchev–Trinajstić information content (AvgIpc) is 3.13. The number of halogens is 1. The smallest absolute Gasteiger partial charge is 0.363 e. The number of carbonyl (C=O) groups is 1. The SMILES string of the molecule is CCCCCCCCCCOc1ccc(C2=N/C(=C\c3cccc(F)c3)C(=O)O2)cc1. The van der Waals surface area contributed by atoms with E-state index in [1.807, 2.05) is 24.3 Å². The number of hydrogen-bond donors (Lipinski definition) is 0. The van der Waals surface area contributed by atoms with Crippen LogP contribution in [0.25, 0.3) is 6.08 Å². The van der Waals surface area contributed by atoms with Crippen LogP contribution in [-0.2, 0) is 9.53 Å². The molecule has 0 aliphatic carbocycles. The summed E-state index contributed by atoms with van der Waals surface area (Å²) < 4.78 is 24.4. The van der Waals surface area contributed by atoms with Crippen molar-refractivity contribution in [2.75, 3.05) is 6.61 Å². The van der Waals surface area contributed by atoms with Crippen LogP contribution in [0.1, 0.15) is 69.4 Å². The molecule has 5 heteroatoms. The number of cyclic esters (lactones) is 1. The lowest BCUT2D eigenvalue weighted by molar-refractivity contribution is -0.129. The molecule has 0 unspecified atom stereocenters. The quantitative estimate of drug-likeness (QED) is 0.217. The Morgan fingerprint density at radius 3 is 2.39 bits per heavy atom. The van der Waals surface area contributed by atoms with Crippen molar-refractivity contribution < 1.29 is 18.7 Å². The van der Waals surface area contributed by atoms with Crippen molar-refractivity contribution in [1.29, 1.82) is 0 Å². The number of benzene rings is 2. The number of aliphatic imine (C=N–C) groups is 1. The molecule has 3 rings (SSSR count). The molecule has 0 N–H and O–H groups in total. The van der Waals surface area contributed by atoms with Gasteiger partial charge in [-0.15, -0.1) is 0 Å². The molecule has 1 heterocycles. The largest absolute Gasteiger partial charge is 0.494 e. The summed E-state index contributed by atoms with van der Waals surface area (Å²) in [6.07, 6.45) is 11.6. The third kappa shape index (κ3) is 7.35. The van der Waals surface area contributed by atoms with Crippen LogP contribution >= 0.6 is 0 Å². The van der Waals surface area contributed by atoms with Crippen molar-refractivity contribution in [3.63, 3.8) is 0 Å². The zero-order valence-electron chi connectivity index (χ0n) is 18.1. The van der Waals surface area contributed by atoms with Gasteiger partial charge in [-0.1, -0.05) is 64.0 Å². The molecule has 0 spiro atoms. The molecule has 0 amide bonds. The van der Waals surface area contributed by atoms with Gasteiger partial charge in [-0.2, -0.15) is 0 Å². The van der Waals surface area contributed by atoms with E-state index in [0.29, 0.717) is 17.7 Å². The average molecular weight is 424 g/mol. The van der Waals surface area contributed by atoms with Crippen LogP contribution in [0.2, 0.25) is 0 Å². The standard InChI is InChI=1S/C26H30FNO3/c1-2-3-4-5-6-7-8-9-17-30-23-15-13-21(14-16-23)25-28-24(26(29)31-25)19-20-11-10-12-22(27)18-20/h10-16,18-19H,2-9,17H2,1H3/b24-19-. The number of rotatable bonds is 12. The highest BCUT2D eigenvalue weighted by Crippen LogP contribution is 2.21. The first-order valence-corrected chi connectivity index (χ1v) is 11.2. The normalized spacial score (nSPS) is 14.6. The number of carbonyl (C=O) groups excluding carboxylic acids is 1. The van der Waals surface area contributed by atoms with Gasteiger partial charge >= 0.3 is 5.97 Å². The van der Waals surface area contributed by atoms with E-state index >= 15 is 0 Å². The van der Waals surface area contributed by atoms with Gasteiger partial charge in [0.05, 0.1) is 6.61 Å². The summed E-state index contributed by atoms with van der Waals surface area (Å²) in [6, 6.07) is 13.3. The fourth-order valence-electron chi connectivity index (χ4n) is 3.41. The number of esters is 1. The van der Waals surface area contributed by atoms with Crippen LogP contribution in [-0.4, -0.2) is 18.5 Å². The maximum Gasteiger partial charge on any atom is 0.363 e. The Hall–Kier alpha value is -2.95. The van der Waals surface area contributed by atoms with Crippen molar-refractivity contribution in [2.24, 2.45) is 4.99 Å². The topological polar surface area (TPSA) is 47.9 Å². The van der Waals surface area contributed by atoms with E-state index in [-0.39, 0.29) is 17.4 Å². The molecule has 4 nitrogen and oxygen atoms in total. The lowest BCUT2D eigenvalue weighted by Crippen LogP contribution is -2.05. The summed E-state index contributed by atoms with van der Waals surface area (Å²) in [6.45, 7) is 2.94. The highest BCUT2D eigenvalue weighted by molar-refractivity contribution is 6.12. The van der Waals surface area contributed by atoms with Gasteiger partial charge in [0.2, 0.25) is 5.90 Å². The lowest BCUT2D eigenvalue weighted by atomic mass is 10.1. The van der Waals surface area contributed by atoms with E-state index in [2.05, 4.69) is 11.9 Å². The Kier molecular flexibility index (Phi) is 8.83. The molecule has 1 aliphatic heterocycles. The molecular formula is C26H30FNO3. The van der Waals surface area contributed by atoms with E-state index in [1.54, 1.807) is 12.1 Å². The summed E-state index contributed by atoms with van der Waals surface area (Å²) in [5, 5.41) is 0. The van der Waals surface area contributed by atoms with Crippen LogP contribution in [0.5, 0.6) is 5.75 Å². The van der Waals surface area contributed by atoms with E-state index < -0.39 is 5.97 Å². The molecule has 1 aliphatic rings. The predicted octanol–water partition coefficient (Wildman–Crippen LogP) is 6.69. The fourth-order valence-corrected chi connectivity index (χ4v) is 3.41. The monoisotopic (exact) mass is 423 g/mol. The minimum Gasteiger partial charge on any atom is -0.494 e. The van der Waals surface area contributed by atoms with Crippen molar-refractivity contribution in [3.05, 3.63) is 71.2 Å². The fraction of sp³-hybridized carbons (Fsp3) is 0.385. The van der Waals surface area contributed by atoms with Gasteiger partial charge in [-0.25, -0.2) is 14.2 Å². The first kappa shape index (κ1) is 22.7. The molecule has 0 aromatic heterocycles. The zero-order chi connectivity index (χ0) is 21.9. The molecule has 0 radical (unpaired) electrons. The third-order valence-corrected chi connectivity index (χ3v) is 5.14. The molecule has 2 aromatic rings. The highest BCUT2D eigenvalue weighted by atomic mass is 19.1. The van der Waals surface area contributed by atoms with Crippen LogP contribution in [0.3, 0.4) is 0 Å². The van der Waals surface area contributed by atoms with Crippen molar-refractivity contribution in [2.45, 2.75) is 58.3 Å². The van der Waals surface area contributed by atoms with Gasteiger partial charge in [0, 0.05) is 5.56 Å². The second-order valence-electron chi connectivity index (χ2n) is 7.74. The molecule has 2 aromatic carbocycles. The van der Waals surface area contributed by atoms with Crippen molar-refractivity contribution in [1.82, 2.24) is 0 Å². The van der Waals surface area contributed by atoms with E-state index in [4.69, 9.17) is 9.47 Å². The molecule has 0 bridgehead atoms. The summed E-state index contributed by atoms with van der Waals surface area (Å²) in [5.41, 5.74) is 1.40. The van der Waals surface area contributed by atoms with E-state index in [0.717, 1.165) is 12.2 Å². The van der Waals surface area contributed by atoms with Gasteiger partial charge in [-0.3, -0.25) is 0 Å².